The lowest BCUT2D eigenvalue weighted by Gasteiger charge is -2.47. The maximum atomic E-state index is 14.5. The number of rotatable bonds is 6. The molecule has 0 spiro atoms. The lowest BCUT2D eigenvalue weighted by atomic mass is 9.95. The van der Waals surface area contributed by atoms with Gasteiger partial charge in [-0.3, -0.25) is 9.69 Å². The molecule has 7 rings (SSSR count). The summed E-state index contributed by atoms with van der Waals surface area (Å²) in [4.78, 5) is 27.3. The zero-order valence-electron chi connectivity index (χ0n) is 23.7. The number of hydrogen-bond donors (Lipinski definition) is 0. The highest BCUT2D eigenvalue weighted by Crippen LogP contribution is 2.44. The first-order chi connectivity index (χ1) is 21.1. The van der Waals surface area contributed by atoms with Gasteiger partial charge in [0.05, 0.1) is 22.6 Å². The Labute approximate surface area is 261 Å². The van der Waals surface area contributed by atoms with Gasteiger partial charge in [-0.1, -0.05) is 54.0 Å². The Bertz CT molecular complexity index is 1840. The van der Waals surface area contributed by atoms with E-state index in [1.807, 2.05) is 30.1 Å². The quantitative estimate of drug-likeness (QED) is 0.221. The number of aromatic nitrogens is 2. The SMILES string of the molecule is C=C(F)C(=O)N1CCC2[C@H]1CN2c1nc(OC[C@@H]2C[C@@H](F)CN2C)nc2cc(-c3cccc4ccc(F)c(Cl)c34)c(Cl)cc12. The zero-order valence-corrected chi connectivity index (χ0v) is 25.3. The number of halogens is 5. The first-order valence-electron chi connectivity index (χ1n) is 14.4. The average molecular weight is 643 g/mol. The molecule has 12 heteroatoms. The third kappa shape index (κ3) is 4.83. The summed E-state index contributed by atoms with van der Waals surface area (Å²) < 4.78 is 48.3. The van der Waals surface area contributed by atoms with Gasteiger partial charge in [0.25, 0.3) is 5.91 Å². The molecule has 1 aromatic heterocycles. The second-order valence-electron chi connectivity index (χ2n) is 11.7. The number of amides is 1. The largest absolute Gasteiger partial charge is 0.462 e. The van der Waals surface area contributed by atoms with Crippen LogP contribution < -0.4 is 9.64 Å². The van der Waals surface area contributed by atoms with Crippen LogP contribution in [0.5, 0.6) is 6.01 Å². The molecule has 0 N–H and O–H groups in total. The van der Waals surface area contributed by atoms with Crippen molar-refractivity contribution in [1.29, 1.82) is 0 Å². The van der Waals surface area contributed by atoms with Crippen LogP contribution in [0.25, 0.3) is 32.8 Å². The molecule has 0 bridgehead atoms. The van der Waals surface area contributed by atoms with Gasteiger partial charge in [-0.15, -0.1) is 0 Å². The van der Waals surface area contributed by atoms with Crippen LogP contribution in [0.3, 0.4) is 0 Å². The average Bonchev–Trinajstić information content (AvgIpc) is 3.49. The van der Waals surface area contributed by atoms with E-state index in [-0.39, 0.29) is 35.8 Å². The molecular weight excluding hydrogens is 614 g/mol. The van der Waals surface area contributed by atoms with Gasteiger partial charge < -0.3 is 14.5 Å². The summed E-state index contributed by atoms with van der Waals surface area (Å²) in [7, 11) is 1.85. The highest BCUT2D eigenvalue weighted by atomic mass is 35.5. The summed E-state index contributed by atoms with van der Waals surface area (Å²) in [6, 6.07) is 11.8. The summed E-state index contributed by atoms with van der Waals surface area (Å²) in [5.74, 6) is -1.65. The molecule has 4 atom stereocenters. The molecule has 0 radical (unpaired) electrons. The minimum Gasteiger partial charge on any atom is -0.462 e. The fourth-order valence-electron chi connectivity index (χ4n) is 6.78. The summed E-state index contributed by atoms with van der Waals surface area (Å²) in [6.07, 6.45) is 0.0617. The van der Waals surface area contributed by atoms with Gasteiger partial charge >= 0.3 is 6.01 Å². The number of carbonyl (C=O) groups is 1. The molecule has 3 aromatic carbocycles. The van der Waals surface area contributed by atoms with Gasteiger partial charge in [-0.25, -0.2) is 13.2 Å². The molecule has 3 fully saturated rings. The smallest absolute Gasteiger partial charge is 0.319 e. The molecular formula is C32H28Cl2F3N5O2. The molecule has 4 heterocycles. The Balaban J connectivity index is 1.31. The number of anilines is 1. The normalized spacial score (nSPS) is 23.3. The van der Waals surface area contributed by atoms with E-state index in [0.29, 0.717) is 70.7 Å². The third-order valence-corrected chi connectivity index (χ3v) is 9.75. The molecule has 0 aliphatic carbocycles. The van der Waals surface area contributed by atoms with Crippen molar-refractivity contribution in [3.05, 3.63) is 70.7 Å². The number of carbonyl (C=O) groups excluding carboxylic acids is 1. The summed E-state index contributed by atoms with van der Waals surface area (Å²) >= 11 is 13.4. The monoisotopic (exact) mass is 641 g/mol. The molecule has 3 saturated heterocycles. The number of ether oxygens (including phenoxy) is 1. The van der Waals surface area contributed by atoms with Crippen LogP contribution in [-0.2, 0) is 4.79 Å². The summed E-state index contributed by atoms with van der Waals surface area (Å²) in [5.41, 5.74) is 1.77. The van der Waals surface area contributed by atoms with Gasteiger partial charge in [0.2, 0.25) is 0 Å². The molecule has 1 amide bonds. The predicted molar refractivity (Wildman–Crippen MR) is 165 cm³/mol. The third-order valence-electron chi connectivity index (χ3n) is 9.07. The van der Waals surface area contributed by atoms with Crippen LogP contribution in [0.4, 0.5) is 19.0 Å². The Morgan fingerprint density at radius 1 is 1.11 bits per heavy atom. The van der Waals surface area contributed by atoms with E-state index in [0.717, 1.165) is 5.39 Å². The van der Waals surface area contributed by atoms with Crippen LogP contribution in [0, 0.1) is 5.82 Å². The van der Waals surface area contributed by atoms with Crippen molar-refractivity contribution in [2.24, 2.45) is 0 Å². The van der Waals surface area contributed by atoms with E-state index in [1.165, 1.54) is 11.0 Å². The number of hydrogen-bond acceptors (Lipinski definition) is 6. The predicted octanol–water partition coefficient (Wildman–Crippen LogP) is 6.59. The number of alkyl halides is 1. The number of likely N-dealkylation sites (N-methyl/N-ethyl adjacent to an activating group) is 1. The Morgan fingerprint density at radius 2 is 1.93 bits per heavy atom. The van der Waals surface area contributed by atoms with Crippen molar-refractivity contribution in [2.75, 3.05) is 38.2 Å². The van der Waals surface area contributed by atoms with Crippen molar-refractivity contribution in [3.8, 4) is 17.1 Å². The minimum absolute atomic E-state index is 0.00331. The fourth-order valence-corrected chi connectivity index (χ4v) is 7.32. The van der Waals surface area contributed by atoms with Gasteiger partial charge in [-0.2, -0.15) is 9.97 Å². The molecule has 3 aliphatic heterocycles. The number of likely N-dealkylation sites (tertiary alicyclic amines) is 2. The number of fused-ring (bicyclic) bond motifs is 3. The van der Waals surface area contributed by atoms with Crippen LogP contribution in [-0.4, -0.2) is 83.3 Å². The van der Waals surface area contributed by atoms with E-state index in [4.69, 9.17) is 37.9 Å². The second kappa shape index (κ2) is 11.1. The molecule has 228 valence electrons. The van der Waals surface area contributed by atoms with Crippen molar-refractivity contribution in [2.45, 2.75) is 37.1 Å². The summed E-state index contributed by atoms with van der Waals surface area (Å²) in [5, 5.41) is 2.33. The van der Waals surface area contributed by atoms with E-state index in [2.05, 4.69) is 11.5 Å². The first-order valence-corrected chi connectivity index (χ1v) is 15.1. The van der Waals surface area contributed by atoms with E-state index >= 15 is 0 Å². The Hall–Kier alpha value is -3.60. The number of benzene rings is 3. The standard InChI is InChI=1S/C32H28Cl2F3N5O2/c1-16(35)31(43)41-9-8-26-27(41)14-42(26)30-22-11-23(33)21(20-5-3-4-17-6-7-24(37)29(34)28(17)20)12-25(22)38-32(39-30)44-15-19-10-18(36)13-40(19)2/h3-7,11-12,18-19,26-27H,1,8-10,13-15H2,2H3/t18-,19+,26?,27-/m1/s1. The molecule has 4 aromatic rings. The maximum absolute atomic E-state index is 14.5. The van der Waals surface area contributed by atoms with Gasteiger partial charge in [-0.05, 0) is 49.0 Å². The maximum Gasteiger partial charge on any atom is 0.319 e. The lowest BCUT2D eigenvalue weighted by molar-refractivity contribution is -0.130. The Kier molecular flexibility index (Phi) is 7.34. The van der Waals surface area contributed by atoms with E-state index < -0.39 is 23.7 Å². The zero-order chi connectivity index (χ0) is 30.9. The molecule has 44 heavy (non-hydrogen) atoms. The molecule has 3 aliphatic rings. The second-order valence-corrected chi connectivity index (χ2v) is 12.4. The van der Waals surface area contributed by atoms with Crippen LogP contribution in [0.1, 0.15) is 12.8 Å². The van der Waals surface area contributed by atoms with Gasteiger partial charge in [0.1, 0.15) is 24.4 Å². The highest BCUT2D eigenvalue weighted by molar-refractivity contribution is 6.38. The molecule has 1 unspecified atom stereocenters. The van der Waals surface area contributed by atoms with Crippen molar-refractivity contribution in [3.63, 3.8) is 0 Å². The van der Waals surface area contributed by atoms with E-state index in [9.17, 15) is 18.0 Å². The molecule has 0 saturated carbocycles. The fraction of sp³-hybridized carbons (Fsp3) is 0.344. The summed E-state index contributed by atoms with van der Waals surface area (Å²) in [6.45, 7) is 4.55. The van der Waals surface area contributed by atoms with Gasteiger partial charge in [0.15, 0.2) is 5.83 Å². The van der Waals surface area contributed by atoms with Crippen molar-refractivity contribution >= 4 is 56.6 Å². The highest BCUT2D eigenvalue weighted by Gasteiger charge is 2.50. The minimum atomic E-state index is -0.979. The molecule has 7 nitrogen and oxygen atoms in total. The van der Waals surface area contributed by atoms with Crippen molar-refractivity contribution in [1.82, 2.24) is 19.8 Å². The van der Waals surface area contributed by atoms with Gasteiger partial charge in [0, 0.05) is 47.0 Å². The lowest BCUT2D eigenvalue weighted by Crippen LogP contribution is -2.63. The van der Waals surface area contributed by atoms with Crippen LogP contribution in [0.2, 0.25) is 10.0 Å². The first kappa shape index (κ1) is 29.1. The van der Waals surface area contributed by atoms with Crippen LogP contribution in [0.15, 0.2) is 54.9 Å². The Morgan fingerprint density at radius 3 is 2.68 bits per heavy atom. The number of nitrogens with zero attached hydrogens (tertiary/aromatic N) is 5. The van der Waals surface area contributed by atoms with Crippen molar-refractivity contribution < 1.29 is 22.7 Å². The van der Waals surface area contributed by atoms with E-state index in [1.54, 1.807) is 18.2 Å². The van der Waals surface area contributed by atoms with Crippen LogP contribution >= 0.6 is 23.2 Å². The topological polar surface area (TPSA) is 61.8 Å².